The predicted octanol–water partition coefficient (Wildman–Crippen LogP) is 3.68. The maximum atomic E-state index is 13.4. The van der Waals surface area contributed by atoms with Crippen molar-refractivity contribution in [1.82, 2.24) is 9.55 Å². The van der Waals surface area contributed by atoms with Gasteiger partial charge >= 0.3 is 0 Å². The number of hydrogen-bond donors (Lipinski definition) is 0. The number of Topliss-reactive ketones (excluding diaryl/α,β-unsaturated/α-hetero) is 1. The van der Waals surface area contributed by atoms with Crippen LogP contribution in [0.5, 0.6) is 0 Å². The van der Waals surface area contributed by atoms with Gasteiger partial charge in [-0.2, -0.15) is 0 Å². The number of rotatable bonds is 2. The van der Waals surface area contributed by atoms with Crippen molar-refractivity contribution >= 4 is 16.8 Å². The molecule has 0 spiro atoms. The van der Waals surface area contributed by atoms with Crippen LogP contribution in [-0.4, -0.2) is 15.3 Å². The van der Waals surface area contributed by atoms with Crippen LogP contribution in [0.2, 0.25) is 0 Å². The SMILES string of the molecule is CC(=O)c1cc(F)ccc1-n1c(C)nc2ccccc21. The van der Waals surface area contributed by atoms with Gasteiger partial charge in [-0.1, -0.05) is 12.1 Å². The van der Waals surface area contributed by atoms with Gasteiger partial charge in [-0.25, -0.2) is 9.37 Å². The smallest absolute Gasteiger partial charge is 0.162 e. The Morgan fingerprint density at radius 3 is 2.70 bits per heavy atom. The Kier molecular flexibility index (Phi) is 2.86. The van der Waals surface area contributed by atoms with Crippen molar-refractivity contribution in [3.8, 4) is 5.69 Å². The quantitative estimate of drug-likeness (QED) is 0.664. The largest absolute Gasteiger partial charge is 0.296 e. The van der Waals surface area contributed by atoms with E-state index in [9.17, 15) is 9.18 Å². The topological polar surface area (TPSA) is 34.9 Å². The molecule has 1 aromatic heterocycles. The summed E-state index contributed by atoms with van der Waals surface area (Å²) in [4.78, 5) is 16.2. The number of carbonyl (C=O) groups is 1. The van der Waals surface area contributed by atoms with Crippen molar-refractivity contribution < 1.29 is 9.18 Å². The molecule has 0 amide bonds. The molecule has 0 aliphatic carbocycles. The Morgan fingerprint density at radius 2 is 1.95 bits per heavy atom. The second kappa shape index (κ2) is 4.56. The van der Waals surface area contributed by atoms with E-state index in [1.807, 2.05) is 35.8 Å². The first-order valence-corrected chi connectivity index (χ1v) is 6.33. The molecule has 0 N–H and O–H groups in total. The van der Waals surface area contributed by atoms with Gasteiger partial charge in [0.1, 0.15) is 11.6 Å². The number of benzene rings is 2. The van der Waals surface area contributed by atoms with Gasteiger partial charge in [-0.15, -0.1) is 0 Å². The lowest BCUT2D eigenvalue weighted by Crippen LogP contribution is -2.05. The number of para-hydroxylation sites is 2. The summed E-state index contributed by atoms with van der Waals surface area (Å²) in [5.74, 6) is 0.179. The van der Waals surface area contributed by atoms with Gasteiger partial charge in [-0.05, 0) is 44.2 Å². The second-order valence-corrected chi connectivity index (χ2v) is 4.70. The average Bonchev–Trinajstić information content (AvgIpc) is 2.74. The minimum Gasteiger partial charge on any atom is -0.296 e. The van der Waals surface area contributed by atoms with E-state index in [1.165, 1.54) is 19.1 Å². The first kappa shape index (κ1) is 12.5. The Hall–Kier alpha value is -2.49. The van der Waals surface area contributed by atoms with Gasteiger partial charge in [0, 0.05) is 5.56 Å². The highest BCUT2D eigenvalue weighted by atomic mass is 19.1. The number of imidazole rings is 1. The molecule has 0 fully saturated rings. The summed E-state index contributed by atoms with van der Waals surface area (Å²) in [5, 5.41) is 0. The molecule has 0 saturated heterocycles. The zero-order valence-electron chi connectivity index (χ0n) is 11.2. The zero-order valence-corrected chi connectivity index (χ0v) is 11.2. The summed E-state index contributed by atoms with van der Waals surface area (Å²) in [7, 11) is 0. The number of carbonyl (C=O) groups excluding carboxylic acids is 1. The Bertz CT molecular complexity index is 820. The molecular weight excluding hydrogens is 255 g/mol. The van der Waals surface area contributed by atoms with Gasteiger partial charge in [0.05, 0.1) is 16.7 Å². The molecule has 0 aliphatic rings. The van der Waals surface area contributed by atoms with Gasteiger partial charge in [0.2, 0.25) is 0 Å². The number of ketones is 1. The van der Waals surface area contributed by atoms with E-state index in [0.29, 0.717) is 11.3 Å². The highest BCUT2D eigenvalue weighted by Crippen LogP contribution is 2.24. The third-order valence-corrected chi connectivity index (χ3v) is 3.31. The van der Waals surface area contributed by atoms with Gasteiger partial charge in [-0.3, -0.25) is 9.36 Å². The first-order chi connectivity index (χ1) is 9.58. The lowest BCUT2D eigenvalue weighted by molar-refractivity contribution is 0.101. The van der Waals surface area contributed by atoms with E-state index in [-0.39, 0.29) is 5.78 Å². The molecule has 100 valence electrons. The van der Waals surface area contributed by atoms with E-state index in [1.54, 1.807) is 6.07 Å². The van der Waals surface area contributed by atoms with Crippen LogP contribution in [0.1, 0.15) is 23.1 Å². The lowest BCUT2D eigenvalue weighted by Gasteiger charge is -2.11. The molecule has 1 heterocycles. The molecule has 3 aromatic rings. The van der Waals surface area contributed by atoms with Gasteiger partial charge in [0.25, 0.3) is 0 Å². The average molecular weight is 268 g/mol. The molecule has 2 aromatic carbocycles. The van der Waals surface area contributed by atoms with Crippen molar-refractivity contribution in [3.05, 3.63) is 59.7 Å². The van der Waals surface area contributed by atoms with E-state index in [0.717, 1.165) is 16.9 Å². The predicted molar refractivity (Wildman–Crippen MR) is 75.8 cm³/mol. The van der Waals surface area contributed by atoms with Crippen LogP contribution in [0, 0.1) is 12.7 Å². The molecule has 4 heteroatoms. The summed E-state index contributed by atoms with van der Waals surface area (Å²) < 4.78 is 15.3. The normalized spacial score (nSPS) is 10.9. The van der Waals surface area contributed by atoms with Crippen molar-refractivity contribution in [3.63, 3.8) is 0 Å². The monoisotopic (exact) mass is 268 g/mol. The number of aryl methyl sites for hydroxylation is 1. The maximum Gasteiger partial charge on any atom is 0.162 e. The fraction of sp³-hybridized carbons (Fsp3) is 0.125. The van der Waals surface area contributed by atoms with Crippen LogP contribution in [0.3, 0.4) is 0 Å². The minimum absolute atomic E-state index is 0.170. The van der Waals surface area contributed by atoms with Crippen LogP contribution in [0.25, 0.3) is 16.7 Å². The molecule has 0 saturated carbocycles. The molecule has 3 nitrogen and oxygen atoms in total. The van der Waals surface area contributed by atoms with Crippen LogP contribution >= 0.6 is 0 Å². The minimum atomic E-state index is -0.416. The van der Waals surface area contributed by atoms with Crippen LogP contribution in [0.4, 0.5) is 4.39 Å². The number of fused-ring (bicyclic) bond motifs is 1. The summed E-state index contributed by atoms with van der Waals surface area (Å²) in [6.07, 6.45) is 0. The maximum absolute atomic E-state index is 13.4. The summed E-state index contributed by atoms with van der Waals surface area (Å²) >= 11 is 0. The van der Waals surface area contributed by atoms with Crippen LogP contribution in [-0.2, 0) is 0 Å². The number of hydrogen-bond acceptors (Lipinski definition) is 2. The molecule has 0 unspecified atom stereocenters. The fourth-order valence-corrected chi connectivity index (χ4v) is 2.44. The molecule has 0 aliphatic heterocycles. The Balaban J connectivity index is 2.36. The third kappa shape index (κ3) is 1.90. The standard InChI is InChI=1S/C16H13FN2O/c1-10(20)13-9-12(17)7-8-15(13)19-11(2)18-14-5-3-4-6-16(14)19/h3-9H,1-2H3. The molecular formula is C16H13FN2O. The molecule has 3 rings (SSSR count). The van der Waals surface area contributed by atoms with E-state index in [2.05, 4.69) is 4.98 Å². The number of aromatic nitrogens is 2. The molecule has 20 heavy (non-hydrogen) atoms. The van der Waals surface area contributed by atoms with Crippen molar-refractivity contribution in [2.45, 2.75) is 13.8 Å². The van der Waals surface area contributed by atoms with Crippen LogP contribution in [0.15, 0.2) is 42.5 Å². The fourth-order valence-electron chi connectivity index (χ4n) is 2.44. The van der Waals surface area contributed by atoms with Crippen molar-refractivity contribution in [1.29, 1.82) is 0 Å². The molecule has 0 atom stereocenters. The summed E-state index contributed by atoms with van der Waals surface area (Å²) in [6.45, 7) is 3.31. The highest BCUT2D eigenvalue weighted by molar-refractivity contribution is 5.98. The van der Waals surface area contributed by atoms with E-state index in [4.69, 9.17) is 0 Å². The van der Waals surface area contributed by atoms with Gasteiger partial charge < -0.3 is 0 Å². The van der Waals surface area contributed by atoms with E-state index < -0.39 is 5.82 Å². The highest BCUT2D eigenvalue weighted by Gasteiger charge is 2.15. The van der Waals surface area contributed by atoms with Gasteiger partial charge in [0.15, 0.2) is 5.78 Å². The summed E-state index contributed by atoms with van der Waals surface area (Å²) in [5.41, 5.74) is 2.77. The van der Waals surface area contributed by atoms with Crippen molar-refractivity contribution in [2.75, 3.05) is 0 Å². The zero-order chi connectivity index (χ0) is 14.3. The number of halogens is 1. The Morgan fingerprint density at radius 1 is 1.20 bits per heavy atom. The molecule has 0 radical (unpaired) electrons. The lowest BCUT2D eigenvalue weighted by atomic mass is 10.1. The third-order valence-electron chi connectivity index (χ3n) is 3.31. The second-order valence-electron chi connectivity index (χ2n) is 4.70. The summed E-state index contributed by atoms with van der Waals surface area (Å²) in [6, 6.07) is 11.9. The van der Waals surface area contributed by atoms with Crippen molar-refractivity contribution in [2.24, 2.45) is 0 Å². The van der Waals surface area contributed by atoms with Crippen LogP contribution < -0.4 is 0 Å². The van der Waals surface area contributed by atoms with E-state index >= 15 is 0 Å². The molecule has 0 bridgehead atoms. The first-order valence-electron chi connectivity index (χ1n) is 6.33. The Labute approximate surface area is 115 Å². The number of nitrogens with zero attached hydrogens (tertiary/aromatic N) is 2.